The molecule has 0 aromatic rings. The summed E-state index contributed by atoms with van der Waals surface area (Å²) in [5, 5.41) is 0. The number of rotatable bonds is 8. The van der Waals surface area contributed by atoms with Crippen LogP contribution in [0.15, 0.2) is 8.80 Å². The second-order valence-electron chi connectivity index (χ2n) is 4.44. The smallest absolute Gasteiger partial charge is 0.179 e. The van der Waals surface area contributed by atoms with Gasteiger partial charge in [-0.2, -0.15) is 8.42 Å². The van der Waals surface area contributed by atoms with Crippen molar-refractivity contribution in [3.05, 3.63) is 0 Å². The molecule has 0 N–H and O–H groups in total. The Kier molecular flexibility index (Phi) is 5.82. The highest BCUT2D eigenvalue weighted by molar-refractivity contribution is 7.89. The van der Waals surface area contributed by atoms with Gasteiger partial charge in [0.15, 0.2) is 0 Å². The van der Waals surface area contributed by atoms with Crippen molar-refractivity contribution < 1.29 is 8.42 Å². The minimum Gasteiger partial charge on any atom is -0.179 e. The fraction of sp³-hybridized carbons (Fsp3) is 0.833. The average Bonchev–Trinajstić information content (AvgIpc) is 2.54. The third-order valence-corrected chi connectivity index (χ3v) is 3.72. The molecule has 0 fully saturated rings. The number of hydrogen-bond donors (Lipinski definition) is 0. The highest BCUT2D eigenvalue weighted by Crippen LogP contribution is 2.16. The van der Waals surface area contributed by atoms with E-state index in [1.807, 2.05) is 0 Å². The van der Waals surface area contributed by atoms with Crippen LogP contribution in [0.4, 0.5) is 0 Å². The number of unbranched alkanes of at least 4 members (excludes halogenated alkanes) is 4. The lowest BCUT2D eigenvalue weighted by molar-refractivity contribution is 0.600. The molecule has 17 heavy (non-hydrogen) atoms. The molecule has 1 heterocycles. The summed E-state index contributed by atoms with van der Waals surface area (Å²) in [5.41, 5.74) is 1.41. The van der Waals surface area contributed by atoms with Crippen LogP contribution in [-0.2, 0) is 10.2 Å². The van der Waals surface area contributed by atoms with Crippen LogP contribution in [0.2, 0.25) is 0 Å². The van der Waals surface area contributed by atoms with Crippen molar-refractivity contribution in [3.63, 3.8) is 0 Å². The standard InChI is InChI=1S/C12H22N2O2S/c1-3-5-7-9-11-12(10-8-6-4-2)14-17(15,16)13-11/h3-10H2,1-2H3. The summed E-state index contributed by atoms with van der Waals surface area (Å²) in [6, 6.07) is 0. The normalized spacial score (nSPS) is 18.0. The van der Waals surface area contributed by atoms with Gasteiger partial charge in [0.05, 0.1) is 11.4 Å². The summed E-state index contributed by atoms with van der Waals surface area (Å²) >= 11 is 0. The molecule has 0 radical (unpaired) electrons. The molecule has 0 aromatic heterocycles. The molecule has 5 heteroatoms. The Morgan fingerprint density at radius 3 is 1.59 bits per heavy atom. The van der Waals surface area contributed by atoms with Crippen molar-refractivity contribution in [2.45, 2.75) is 65.2 Å². The van der Waals surface area contributed by atoms with Gasteiger partial charge in [-0.25, -0.2) is 0 Å². The van der Waals surface area contributed by atoms with Gasteiger partial charge >= 0.3 is 10.2 Å². The van der Waals surface area contributed by atoms with E-state index in [-0.39, 0.29) is 0 Å². The van der Waals surface area contributed by atoms with E-state index in [4.69, 9.17) is 0 Å². The summed E-state index contributed by atoms with van der Waals surface area (Å²) in [6.45, 7) is 4.26. The third-order valence-electron chi connectivity index (χ3n) is 2.82. The van der Waals surface area contributed by atoms with Gasteiger partial charge in [-0.1, -0.05) is 39.5 Å². The maximum atomic E-state index is 11.3. The van der Waals surface area contributed by atoms with Crippen molar-refractivity contribution in [1.82, 2.24) is 0 Å². The van der Waals surface area contributed by atoms with Gasteiger partial charge in [0.25, 0.3) is 0 Å². The quantitative estimate of drug-likeness (QED) is 0.627. The highest BCUT2D eigenvalue weighted by Gasteiger charge is 2.22. The predicted molar refractivity (Wildman–Crippen MR) is 72.1 cm³/mol. The first kappa shape index (κ1) is 14.4. The molecule has 0 unspecified atom stereocenters. The van der Waals surface area contributed by atoms with E-state index in [9.17, 15) is 8.42 Å². The summed E-state index contributed by atoms with van der Waals surface area (Å²) in [4.78, 5) is 0. The molecule has 0 aromatic carbocycles. The first-order chi connectivity index (χ1) is 8.09. The van der Waals surface area contributed by atoms with Gasteiger partial charge in [-0.05, 0) is 25.7 Å². The van der Waals surface area contributed by atoms with Crippen LogP contribution < -0.4 is 0 Å². The Hall–Kier alpha value is -0.710. The van der Waals surface area contributed by atoms with Gasteiger partial charge in [0.1, 0.15) is 0 Å². The Morgan fingerprint density at radius 2 is 1.24 bits per heavy atom. The van der Waals surface area contributed by atoms with E-state index in [1.54, 1.807) is 0 Å². The van der Waals surface area contributed by atoms with Crippen LogP contribution in [-0.4, -0.2) is 19.8 Å². The zero-order chi connectivity index (χ0) is 12.7. The number of hydrogen-bond acceptors (Lipinski definition) is 2. The molecule has 4 nitrogen and oxygen atoms in total. The Balaban J connectivity index is 2.57. The topological polar surface area (TPSA) is 58.9 Å². The van der Waals surface area contributed by atoms with Crippen molar-refractivity contribution in [2.24, 2.45) is 8.80 Å². The minimum absolute atomic E-state index is 0.703. The molecular formula is C12H22N2O2S. The van der Waals surface area contributed by atoms with E-state index in [0.717, 1.165) is 51.4 Å². The molecule has 98 valence electrons. The van der Waals surface area contributed by atoms with Gasteiger partial charge in [0.2, 0.25) is 0 Å². The van der Waals surface area contributed by atoms with Crippen molar-refractivity contribution in [3.8, 4) is 0 Å². The van der Waals surface area contributed by atoms with Crippen molar-refractivity contribution >= 4 is 21.6 Å². The highest BCUT2D eigenvalue weighted by atomic mass is 32.2. The fourth-order valence-electron chi connectivity index (χ4n) is 1.87. The second-order valence-corrected chi connectivity index (χ2v) is 5.70. The fourth-order valence-corrected chi connectivity index (χ4v) is 2.86. The molecule has 0 atom stereocenters. The van der Waals surface area contributed by atoms with E-state index < -0.39 is 10.2 Å². The first-order valence-electron chi connectivity index (χ1n) is 6.52. The molecule has 0 spiro atoms. The van der Waals surface area contributed by atoms with Crippen LogP contribution in [0, 0.1) is 0 Å². The summed E-state index contributed by atoms with van der Waals surface area (Å²) in [6.07, 6.45) is 7.97. The van der Waals surface area contributed by atoms with Crippen LogP contribution in [0.5, 0.6) is 0 Å². The lowest BCUT2D eigenvalue weighted by Gasteiger charge is -2.03. The van der Waals surface area contributed by atoms with E-state index in [0.29, 0.717) is 11.4 Å². The monoisotopic (exact) mass is 258 g/mol. The summed E-state index contributed by atoms with van der Waals surface area (Å²) < 4.78 is 30.2. The first-order valence-corrected chi connectivity index (χ1v) is 7.91. The lowest BCUT2D eigenvalue weighted by atomic mass is 10.0. The molecule has 1 rings (SSSR count). The Morgan fingerprint density at radius 1 is 0.824 bits per heavy atom. The van der Waals surface area contributed by atoms with Crippen LogP contribution >= 0.6 is 0 Å². The molecule has 1 aliphatic heterocycles. The van der Waals surface area contributed by atoms with Gasteiger partial charge in [0, 0.05) is 0 Å². The third kappa shape index (κ3) is 4.98. The zero-order valence-electron chi connectivity index (χ0n) is 10.8. The van der Waals surface area contributed by atoms with E-state index >= 15 is 0 Å². The van der Waals surface area contributed by atoms with Gasteiger partial charge in [-0.3, -0.25) is 0 Å². The van der Waals surface area contributed by atoms with E-state index in [2.05, 4.69) is 22.6 Å². The predicted octanol–water partition coefficient (Wildman–Crippen LogP) is 3.29. The van der Waals surface area contributed by atoms with Crippen LogP contribution in [0.25, 0.3) is 0 Å². The second kappa shape index (κ2) is 6.89. The molecule has 0 amide bonds. The van der Waals surface area contributed by atoms with Gasteiger partial charge in [-0.15, -0.1) is 8.80 Å². The lowest BCUT2D eigenvalue weighted by Crippen LogP contribution is -2.10. The Labute approximate surface area is 104 Å². The molecule has 0 aliphatic carbocycles. The average molecular weight is 258 g/mol. The molecule has 0 saturated carbocycles. The summed E-state index contributed by atoms with van der Waals surface area (Å²) in [7, 11) is -3.54. The zero-order valence-corrected chi connectivity index (χ0v) is 11.6. The van der Waals surface area contributed by atoms with Crippen molar-refractivity contribution in [2.75, 3.05) is 0 Å². The van der Waals surface area contributed by atoms with Crippen molar-refractivity contribution in [1.29, 1.82) is 0 Å². The largest absolute Gasteiger partial charge is 0.363 e. The molecule has 0 bridgehead atoms. The minimum atomic E-state index is -3.54. The van der Waals surface area contributed by atoms with Crippen LogP contribution in [0.3, 0.4) is 0 Å². The maximum absolute atomic E-state index is 11.3. The SMILES string of the molecule is CCCCCC1=NS(=O)(=O)N=C1CCCCC. The van der Waals surface area contributed by atoms with Crippen LogP contribution in [0.1, 0.15) is 65.2 Å². The molecular weight excluding hydrogens is 236 g/mol. The maximum Gasteiger partial charge on any atom is 0.363 e. The molecule has 0 saturated heterocycles. The molecule has 1 aliphatic rings. The van der Waals surface area contributed by atoms with Gasteiger partial charge < -0.3 is 0 Å². The number of nitrogens with zero attached hydrogens (tertiary/aromatic N) is 2. The summed E-state index contributed by atoms with van der Waals surface area (Å²) in [5.74, 6) is 0. The van der Waals surface area contributed by atoms with E-state index in [1.165, 1.54) is 0 Å². The Bertz CT molecular complexity index is 365.